The predicted octanol–water partition coefficient (Wildman–Crippen LogP) is 3.59. The highest BCUT2D eigenvalue weighted by Gasteiger charge is 2.25. The summed E-state index contributed by atoms with van der Waals surface area (Å²) in [5, 5.41) is 27.8. The lowest BCUT2D eigenvalue weighted by atomic mass is 10.1. The lowest BCUT2D eigenvalue weighted by Crippen LogP contribution is -2.35. The normalized spacial score (nSPS) is 17.9. The van der Waals surface area contributed by atoms with Crippen LogP contribution in [0.5, 0.6) is 11.8 Å². The average molecular weight is 521 g/mol. The number of likely N-dealkylation sites (N-methyl/N-ethyl adjacent to an activating group) is 1. The van der Waals surface area contributed by atoms with Crippen molar-refractivity contribution < 1.29 is 14.6 Å². The molecule has 0 fully saturated rings. The molecule has 5 rings (SSSR count). The van der Waals surface area contributed by atoms with Crippen LogP contribution in [0.1, 0.15) is 56.4 Å². The van der Waals surface area contributed by atoms with Crippen LogP contribution >= 0.6 is 0 Å². The summed E-state index contributed by atoms with van der Waals surface area (Å²) in [5.74, 6) is 1.25. The fraction of sp³-hybridized carbons (Fsp3) is 0.481. The number of aliphatic hydroxyl groups excluding tert-OH is 1. The topological polar surface area (TPSA) is 119 Å². The van der Waals surface area contributed by atoms with Crippen LogP contribution in [-0.4, -0.2) is 77.2 Å². The van der Waals surface area contributed by atoms with E-state index in [1.807, 2.05) is 50.8 Å². The van der Waals surface area contributed by atoms with Crippen LogP contribution in [0, 0.1) is 6.92 Å². The summed E-state index contributed by atoms with van der Waals surface area (Å²) in [7, 11) is 1.90. The standard InChI is InChI=1S/C27H36N8O3/c1-7-34-13-17(4)38-27-24(18(5)31-33(27)6)19-11-21-22(29-30-25(21)28-12-19)10-9-20-23(14-34)35(16(3)15-36)32-26(20)37-8-2/h9-12,16-17,36H,7-8,13-15H2,1-6H3,(H,28,29,30)/b10-9+/t16-,17-/m0/s1. The van der Waals surface area contributed by atoms with Gasteiger partial charge in [0.2, 0.25) is 11.8 Å². The number of rotatable bonds is 5. The summed E-state index contributed by atoms with van der Waals surface area (Å²) >= 11 is 0. The summed E-state index contributed by atoms with van der Waals surface area (Å²) in [5.41, 5.74) is 6.02. The smallest absolute Gasteiger partial charge is 0.240 e. The maximum absolute atomic E-state index is 9.99. The Bertz CT molecular complexity index is 1470. The summed E-state index contributed by atoms with van der Waals surface area (Å²) in [6, 6.07) is 1.87. The van der Waals surface area contributed by atoms with Crippen molar-refractivity contribution in [3.05, 3.63) is 34.9 Å². The highest BCUT2D eigenvalue weighted by molar-refractivity contribution is 5.91. The first kappa shape index (κ1) is 25.9. The van der Waals surface area contributed by atoms with Gasteiger partial charge in [-0.2, -0.15) is 10.2 Å². The lowest BCUT2D eigenvalue weighted by Gasteiger charge is -2.26. The SMILES string of the molecule is CCOc1nn([C@@H](C)CO)c2c1/C=C/c1[nH]nc3ncc(cc13)-c1c(C)nn(C)c1O[C@@H](C)CN(CC)C2. The number of nitrogens with zero attached hydrogens (tertiary/aromatic N) is 7. The molecule has 2 atom stereocenters. The third-order valence-electron chi connectivity index (χ3n) is 6.94. The highest BCUT2D eigenvalue weighted by atomic mass is 16.5. The molecule has 11 nitrogen and oxygen atoms in total. The second-order valence-corrected chi connectivity index (χ2v) is 9.79. The van der Waals surface area contributed by atoms with E-state index in [1.54, 1.807) is 4.68 Å². The molecule has 4 aromatic heterocycles. The number of ether oxygens (including phenoxy) is 2. The molecule has 0 aromatic carbocycles. The Morgan fingerprint density at radius 2 is 2.08 bits per heavy atom. The van der Waals surface area contributed by atoms with Gasteiger partial charge >= 0.3 is 0 Å². The number of aromatic amines is 1. The van der Waals surface area contributed by atoms with E-state index in [4.69, 9.17) is 14.6 Å². The molecule has 202 valence electrons. The number of pyridine rings is 1. The number of fused-ring (bicyclic) bond motifs is 4. The van der Waals surface area contributed by atoms with Crippen LogP contribution in [0.15, 0.2) is 12.3 Å². The number of aliphatic hydroxyl groups is 1. The van der Waals surface area contributed by atoms with Crippen molar-refractivity contribution in [1.29, 1.82) is 0 Å². The third kappa shape index (κ3) is 4.67. The molecular weight excluding hydrogens is 484 g/mol. The Morgan fingerprint density at radius 1 is 1.26 bits per heavy atom. The number of hydrogen-bond acceptors (Lipinski definition) is 8. The Morgan fingerprint density at radius 3 is 2.82 bits per heavy atom. The van der Waals surface area contributed by atoms with Crippen molar-refractivity contribution in [2.75, 3.05) is 26.3 Å². The van der Waals surface area contributed by atoms with Crippen molar-refractivity contribution in [1.82, 2.24) is 39.6 Å². The van der Waals surface area contributed by atoms with E-state index in [1.165, 1.54) is 0 Å². The zero-order chi connectivity index (χ0) is 27.0. The number of aryl methyl sites for hydroxylation is 2. The molecule has 0 aliphatic carbocycles. The Hall–Kier alpha value is -3.70. The Labute approximate surface area is 222 Å². The zero-order valence-electron chi connectivity index (χ0n) is 22.9. The maximum atomic E-state index is 9.99. The minimum absolute atomic E-state index is 0.0305. The monoisotopic (exact) mass is 520 g/mol. The Kier molecular flexibility index (Phi) is 7.22. The molecule has 2 bridgehead atoms. The molecule has 1 aliphatic heterocycles. The molecule has 38 heavy (non-hydrogen) atoms. The number of H-pyrrole nitrogens is 1. The summed E-state index contributed by atoms with van der Waals surface area (Å²) in [4.78, 5) is 6.93. The quantitative estimate of drug-likeness (QED) is 0.410. The van der Waals surface area contributed by atoms with E-state index in [-0.39, 0.29) is 18.8 Å². The van der Waals surface area contributed by atoms with Gasteiger partial charge in [0.1, 0.15) is 6.10 Å². The number of nitrogens with one attached hydrogen (secondary N) is 1. The molecule has 0 radical (unpaired) electrons. The number of aromatic nitrogens is 7. The van der Waals surface area contributed by atoms with Gasteiger partial charge in [-0.1, -0.05) is 6.92 Å². The van der Waals surface area contributed by atoms with Gasteiger partial charge in [0.25, 0.3) is 0 Å². The van der Waals surface area contributed by atoms with E-state index in [0.29, 0.717) is 37.1 Å². The average Bonchev–Trinajstić information content (AvgIpc) is 3.54. The molecule has 0 amide bonds. The van der Waals surface area contributed by atoms with Gasteiger partial charge in [-0.15, -0.1) is 5.10 Å². The maximum Gasteiger partial charge on any atom is 0.240 e. The molecule has 1 aliphatic rings. The van der Waals surface area contributed by atoms with Crippen LogP contribution in [0.3, 0.4) is 0 Å². The Balaban J connectivity index is 1.73. The van der Waals surface area contributed by atoms with Crippen LogP contribution in [-0.2, 0) is 13.6 Å². The molecular formula is C27H36N8O3. The van der Waals surface area contributed by atoms with E-state index < -0.39 is 0 Å². The summed E-state index contributed by atoms with van der Waals surface area (Å²) in [6.07, 6.45) is 5.71. The van der Waals surface area contributed by atoms with Crippen LogP contribution < -0.4 is 9.47 Å². The fourth-order valence-corrected chi connectivity index (χ4v) is 5.03. The summed E-state index contributed by atoms with van der Waals surface area (Å²) < 4.78 is 16.2. The molecule has 2 N–H and O–H groups in total. The lowest BCUT2D eigenvalue weighted by molar-refractivity contribution is 0.132. The van der Waals surface area contributed by atoms with Crippen molar-refractivity contribution in [3.8, 4) is 22.9 Å². The van der Waals surface area contributed by atoms with Gasteiger partial charge in [0.05, 0.1) is 47.5 Å². The largest absolute Gasteiger partial charge is 0.476 e. The van der Waals surface area contributed by atoms with Gasteiger partial charge in [-0.3, -0.25) is 14.7 Å². The van der Waals surface area contributed by atoms with Crippen molar-refractivity contribution in [2.24, 2.45) is 7.05 Å². The van der Waals surface area contributed by atoms with Crippen molar-refractivity contribution in [3.63, 3.8) is 0 Å². The van der Waals surface area contributed by atoms with Crippen LogP contribution in [0.2, 0.25) is 0 Å². The molecule has 11 heteroatoms. The molecule has 4 aromatic rings. The number of hydrogen-bond donors (Lipinski definition) is 2. The molecule has 5 heterocycles. The van der Waals surface area contributed by atoms with Gasteiger partial charge in [0.15, 0.2) is 5.65 Å². The first-order valence-corrected chi connectivity index (χ1v) is 13.1. The molecule has 0 saturated carbocycles. The predicted molar refractivity (Wildman–Crippen MR) is 146 cm³/mol. The fourth-order valence-electron chi connectivity index (χ4n) is 5.03. The first-order chi connectivity index (χ1) is 18.3. The minimum atomic E-state index is -0.208. The van der Waals surface area contributed by atoms with E-state index in [2.05, 4.69) is 45.1 Å². The van der Waals surface area contributed by atoms with Gasteiger partial charge in [-0.25, -0.2) is 9.67 Å². The highest BCUT2D eigenvalue weighted by Crippen LogP contribution is 2.36. The van der Waals surface area contributed by atoms with Crippen LogP contribution in [0.25, 0.3) is 34.3 Å². The van der Waals surface area contributed by atoms with Gasteiger partial charge < -0.3 is 14.6 Å². The zero-order valence-corrected chi connectivity index (χ0v) is 22.9. The van der Waals surface area contributed by atoms with E-state index in [9.17, 15) is 5.11 Å². The molecule has 0 unspecified atom stereocenters. The van der Waals surface area contributed by atoms with Gasteiger partial charge in [-0.05, 0) is 52.5 Å². The van der Waals surface area contributed by atoms with Crippen molar-refractivity contribution in [2.45, 2.75) is 53.3 Å². The molecule has 0 saturated heterocycles. The summed E-state index contributed by atoms with van der Waals surface area (Å²) in [6.45, 7) is 12.6. The van der Waals surface area contributed by atoms with Gasteiger partial charge in [0, 0.05) is 37.3 Å². The van der Waals surface area contributed by atoms with Crippen LogP contribution in [0.4, 0.5) is 0 Å². The second-order valence-electron chi connectivity index (χ2n) is 9.79. The molecule has 0 spiro atoms. The third-order valence-corrected chi connectivity index (χ3v) is 6.94. The first-order valence-electron chi connectivity index (χ1n) is 13.1. The van der Waals surface area contributed by atoms with E-state index in [0.717, 1.165) is 45.7 Å². The van der Waals surface area contributed by atoms with Crippen molar-refractivity contribution >= 4 is 23.2 Å². The minimum Gasteiger partial charge on any atom is -0.476 e. The van der Waals surface area contributed by atoms with E-state index >= 15 is 0 Å². The second kappa shape index (κ2) is 10.6.